The Balaban J connectivity index is 2.05. The van der Waals surface area contributed by atoms with Crippen LogP contribution in [0.4, 0.5) is 0 Å². The lowest BCUT2D eigenvalue weighted by atomic mass is 10.1. The highest BCUT2D eigenvalue weighted by Gasteiger charge is 1.98. The van der Waals surface area contributed by atoms with Crippen LogP contribution in [0.1, 0.15) is 37.7 Å². The lowest BCUT2D eigenvalue weighted by Crippen LogP contribution is -2.21. The number of aromatic nitrogens is 2. The van der Waals surface area contributed by atoms with Gasteiger partial charge in [-0.25, -0.2) is 0 Å². The van der Waals surface area contributed by atoms with Gasteiger partial charge in [0.05, 0.1) is 6.20 Å². The van der Waals surface area contributed by atoms with Gasteiger partial charge >= 0.3 is 5.97 Å². The fourth-order valence-electron chi connectivity index (χ4n) is 1.72. The van der Waals surface area contributed by atoms with Crippen molar-refractivity contribution in [3.05, 3.63) is 24.0 Å². The molecule has 1 aromatic rings. The standard InChI is InChI=1S/C14H21N3O3/c1-17-11-12(10-16-17)7-8-13(18)15-9-5-3-2-4-6-14(19)20/h7-8,10-11H,2-6,9H2,1H3,(H,15,18)(H,19,20)/b8-7+. The first kappa shape index (κ1) is 15.9. The number of rotatable bonds is 9. The Kier molecular flexibility index (Phi) is 7.10. The molecule has 6 nitrogen and oxygen atoms in total. The van der Waals surface area contributed by atoms with Crippen molar-refractivity contribution in [2.24, 2.45) is 7.05 Å². The smallest absolute Gasteiger partial charge is 0.303 e. The molecule has 0 aliphatic heterocycles. The SMILES string of the molecule is Cn1cc(/C=C/C(=O)NCCCCCCC(=O)O)cn1. The Morgan fingerprint density at radius 2 is 2.10 bits per heavy atom. The van der Waals surface area contributed by atoms with Crippen LogP contribution in [0, 0.1) is 0 Å². The normalized spacial score (nSPS) is 10.8. The van der Waals surface area contributed by atoms with Gasteiger partial charge in [0.15, 0.2) is 0 Å². The zero-order chi connectivity index (χ0) is 14.8. The molecule has 0 fully saturated rings. The molecule has 0 aliphatic rings. The average Bonchev–Trinajstić information content (AvgIpc) is 2.81. The van der Waals surface area contributed by atoms with E-state index in [0.717, 1.165) is 24.8 Å². The number of nitrogens with zero attached hydrogens (tertiary/aromatic N) is 2. The molecule has 0 saturated carbocycles. The molecule has 1 amide bonds. The summed E-state index contributed by atoms with van der Waals surface area (Å²) in [6.45, 7) is 0.614. The van der Waals surface area contributed by atoms with Crippen molar-refractivity contribution in [2.75, 3.05) is 6.54 Å². The number of aryl methyl sites for hydroxylation is 1. The number of unbranched alkanes of at least 4 members (excludes halogenated alkanes) is 3. The lowest BCUT2D eigenvalue weighted by Gasteiger charge is -2.01. The highest BCUT2D eigenvalue weighted by atomic mass is 16.4. The predicted octanol–water partition coefficient (Wildman–Crippen LogP) is 1.58. The van der Waals surface area contributed by atoms with Crippen molar-refractivity contribution >= 4 is 18.0 Å². The van der Waals surface area contributed by atoms with Crippen LogP contribution < -0.4 is 5.32 Å². The second kappa shape index (κ2) is 8.90. The second-order valence-corrected chi connectivity index (χ2v) is 4.63. The van der Waals surface area contributed by atoms with Gasteiger partial charge in [-0.1, -0.05) is 12.8 Å². The molecular formula is C14H21N3O3. The number of carbonyl (C=O) groups is 2. The van der Waals surface area contributed by atoms with Crippen LogP contribution in [0.15, 0.2) is 18.5 Å². The summed E-state index contributed by atoms with van der Waals surface area (Å²) >= 11 is 0. The molecule has 20 heavy (non-hydrogen) atoms. The summed E-state index contributed by atoms with van der Waals surface area (Å²) in [5.41, 5.74) is 0.885. The van der Waals surface area contributed by atoms with E-state index in [1.165, 1.54) is 6.08 Å². The first-order valence-electron chi connectivity index (χ1n) is 6.74. The number of hydrogen-bond acceptors (Lipinski definition) is 3. The van der Waals surface area contributed by atoms with Crippen LogP contribution in [0.25, 0.3) is 6.08 Å². The molecule has 0 saturated heterocycles. The van der Waals surface area contributed by atoms with Crippen molar-refractivity contribution in [2.45, 2.75) is 32.1 Å². The lowest BCUT2D eigenvalue weighted by molar-refractivity contribution is -0.137. The van der Waals surface area contributed by atoms with Crippen molar-refractivity contribution in [3.8, 4) is 0 Å². The minimum atomic E-state index is -0.751. The van der Waals surface area contributed by atoms with Gasteiger partial charge in [-0.05, 0) is 18.9 Å². The van der Waals surface area contributed by atoms with Gasteiger partial charge in [0, 0.05) is 37.8 Å². The summed E-state index contributed by atoms with van der Waals surface area (Å²) in [7, 11) is 1.82. The Bertz CT molecular complexity index is 466. The predicted molar refractivity (Wildman–Crippen MR) is 76.0 cm³/mol. The maximum Gasteiger partial charge on any atom is 0.303 e. The third kappa shape index (κ3) is 7.35. The van der Waals surface area contributed by atoms with Crippen LogP contribution in [-0.2, 0) is 16.6 Å². The highest BCUT2D eigenvalue weighted by Crippen LogP contribution is 2.02. The van der Waals surface area contributed by atoms with E-state index in [1.807, 2.05) is 13.2 Å². The zero-order valence-electron chi connectivity index (χ0n) is 11.7. The number of amides is 1. The summed E-state index contributed by atoms with van der Waals surface area (Å²) in [5, 5.41) is 15.3. The third-order valence-corrected chi connectivity index (χ3v) is 2.77. The van der Waals surface area contributed by atoms with E-state index in [0.29, 0.717) is 13.0 Å². The molecule has 0 aliphatic carbocycles. The first-order chi connectivity index (χ1) is 9.58. The Labute approximate surface area is 118 Å². The van der Waals surface area contributed by atoms with Gasteiger partial charge in [0.1, 0.15) is 0 Å². The highest BCUT2D eigenvalue weighted by molar-refractivity contribution is 5.91. The summed E-state index contributed by atoms with van der Waals surface area (Å²) in [6.07, 6.45) is 10.3. The Morgan fingerprint density at radius 3 is 2.75 bits per heavy atom. The maximum absolute atomic E-state index is 11.5. The fourth-order valence-corrected chi connectivity index (χ4v) is 1.72. The molecule has 0 atom stereocenters. The van der Waals surface area contributed by atoms with Crippen LogP contribution in [0.5, 0.6) is 0 Å². The molecule has 0 spiro atoms. The zero-order valence-corrected chi connectivity index (χ0v) is 11.7. The summed E-state index contributed by atoms with van der Waals surface area (Å²) in [4.78, 5) is 21.8. The topological polar surface area (TPSA) is 84.2 Å². The number of hydrogen-bond donors (Lipinski definition) is 2. The molecule has 0 unspecified atom stereocenters. The van der Waals surface area contributed by atoms with E-state index in [4.69, 9.17) is 5.11 Å². The summed E-state index contributed by atoms with van der Waals surface area (Å²) in [6, 6.07) is 0. The van der Waals surface area contributed by atoms with Crippen LogP contribution >= 0.6 is 0 Å². The monoisotopic (exact) mass is 279 g/mol. The molecule has 1 heterocycles. The molecule has 0 aromatic carbocycles. The Hall–Kier alpha value is -2.11. The van der Waals surface area contributed by atoms with Gasteiger partial charge in [-0.15, -0.1) is 0 Å². The van der Waals surface area contributed by atoms with E-state index in [2.05, 4.69) is 10.4 Å². The molecule has 2 N–H and O–H groups in total. The number of carbonyl (C=O) groups excluding carboxylic acids is 1. The van der Waals surface area contributed by atoms with Gasteiger partial charge in [0.25, 0.3) is 0 Å². The number of carboxylic acids is 1. The summed E-state index contributed by atoms with van der Waals surface area (Å²) in [5.74, 6) is -0.877. The van der Waals surface area contributed by atoms with E-state index >= 15 is 0 Å². The Morgan fingerprint density at radius 1 is 1.35 bits per heavy atom. The van der Waals surface area contributed by atoms with Crippen molar-refractivity contribution in [1.29, 1.82) is 0 Å². The molecule has 110 valence electrons. The molecule has 1 aromatic heterocycles. The number of nitrogens with one attached hydrogen (secondary N) is 1. The van der Waals surface area contributed by atoms with Gasteiger partial charge < -0.3 is 10.4 Å². The quantitative estimate of drug-likeness (QED) is 0.531. The minimum Gasteiger partial charge on any atom is -0.481 e. The molecular weight excluding hydrogens is 258 g/mol. The van der Waals surface area contributed by atoms with E-state index in [1.54, 1.807) is 17.0 Å². The molecule has 0 radical (unpaired) electrons. The van der Waals surface area contributed by atoms with Gasteiger partial charge in [0.2, 0.25) is 5.91 Å². The second-order valence-electron chi connectivity index (χ2n) is 4.63. The van der Waals surface area contributed by atoms with Crippen molar-refractivity contribution in [1.82, 2.24) is 15.1 Å². The third-order valence-electron chi connectivity index (χ3n) is 2.77. The molecule has 6 heteroatoms. The number of aliphatic carboxylic acids is 1. The van der Waals surface area contributed by atoms with Gasteiger partial charge in [-0.2, -0.15) is 5.10 Å². The number of carboxylic acid groups (broad SMARTS) is 1. The van der Waals surface area contributed by atoms with Crippen LogP contribution in [-0.4, -0.2) is 33.3 Å². The van der Waals surface area contributed by atoms with Crippen molar-refractivity contribution < 1.29 is 14.7 Å². The van der Waals surface area contributed by atoms with E-state index in [-0.39, 0.29) is 12.3 Å². The largest absolute Gasteiger partial charge is 0.481 e. The van der Waals surface area contributed by atoms with Crippen molar-refractivity contribution in [3.63, 3.8) is 0 Å². The fraction of sp³-hybridized carbons (Fsp3) is 0.500. The van der Waals surface area contributed by atoms with E-state index in [9.17, 15) is 9.59 Å². The first-order valence-corrected chi connectivity index (χ1v) is 6.74. The molecule has 0 bridgehead atoms. The average molecular weight is 279 g/mol. The van der Waals surface area contributed by atoms with Gasteiger partial charge in [-0.3, -0.25) is 14.3 Å². The van der Waals surface area contributed by atoms with Crippen LogP contribution in [0.3, 0.4) is 0 Å². The summed E-state index contributed by atoms with van der Waals surface area (Å²) < 4.78 is 1.68. The minimum absolute atomic E-state index is 0.126. The van der Waals surface area contributed by atoms with E-state index < -0.39 is 5.97 Å². The molecule has 1 rings (SSSR count). The van der Waals surface area contributed by atoms with Crippen LogP contribution in [0.2, 0.25) is 0 Å². The maximum atomic E-state index is 11.5.